The maximum Gasteiger partial charge on any atom is 0.438 e. The molecule has 0 aliphatic heterocycles. The molecule has 1 atom stereocenters. The third-order valence-electron chi connectivity index (χ3n) is 3.64. The minimum Gasteiger partial charge on any atom is -0.281 e. The van der Waals surface area contributed by atoms with Crippen LogP contribution in [0.3, 0.4) is 0 Å². The maximum absolute atomic E-state index is 13.3. The first kappa shape index (κ1) is 31.6. The Morgan fingerprint density at radius 2 is 0.788 bits per heavy atom. The normalized spacial score (nSPS) is 17.5. The van der Waals surface area contributed by atoms with Crippen LogP contribution in [0, 0.1) is 5.92 Å². The summed E-state index contributed by atoms with van der Waals surface area (Å²) in [5.74, 6) is -49.6. The fourth-order valence-electron chi connectivity index (χ4n) is 1.85. The Labute approximate surface area is 167 Å². The first-order valence-electron chi connectivity index (χ1n) is 6.79. The fourth-order valence-corrected chi connectivity index (χ4v) is 2.30. The summed E-state index contributed by atoms with van der Waals surface area (Å²) in [6.45, 7) is 0. The Balaban J connectivity index is 6.95. The molecule has 0 aromatic carbocycles. The first-order chi connectivity index (χ1) is 13.8. The van der Waals surface area contributed by atoms with Gasteiger partial charge in [0.2, 0.25) is 0 Å². The molecule has 33 heavy (non-hydrogen) atoms. The molecule has 0 heterocycles. The molecular weight excluding hydrogens is 561 g/mol. The summed E-state index contributed by atoms with van der Waals surface area (Å²) in [7, 11) is -7.95. The van der Waals surface area contributed by atoms with Gasteiger partial charge in [-0.15, -0.1) is 0 Å². The van der Waals surface area contributed by atoms with Crippen molar-refractivity contribution >= 4 is 10.1 Å². The predicted octanol–water partition coefficient (Wildman–Crippen LogP) is 5.72. The van der Waals surface area contributed by atoms with E-state index >= 15 is 0 Å². The van der Waals surface area contributed by atoms with Gasteiger partial charge in [0.1, 0.15) is 0 Å². The molecule has 0 rings (SSSR count). The van der Waals surface area contributed by atoms with Gasteiger partial charge in [0.15, 0.2) is 12.1 Å². The number of hydrogen-bond donors (Lipinski definition) is 1. The molecule has 0 radical (unpaired) electrons. The van der Waals surface area contributed by atoms with Crippen molar-refractivity contribution in [2.75, 3.05) is 0 Å². The summed E-state index contributed by atoms with van der Waals surface area (Å²) in [5, 5.41) is -7.89. The molecule has 1 unspecified atom stereocenters. The van der Waals surface area contributed by atoms with Gasteiger partial charge in [0.05, 0.1) is 0 Å². The number of halogens is 19. The van der Waals surface area contributed by atoms with Crippen molar-refractivity contribution in [2.45, 2.75) is 53.4 Å². The van der Waals surface area contributed by atoms with E-state index in [1.54, 1.807) is 0 Å². The number of hydrogen-bond acceptors (Lipinski definition) is 2. The van der Waals surface area contributed by atoms with Gasteiger partial charge in [-0.1, -0.05) is 0 Å². The van der Waals surface area contributed by atoms with Gasteiger partial charge in [-0.3, -0.25) is 4.55 Å². The van der Waals surface area contributed by atoms with E-state index in [2.05, 4.69) is 0 Å². The summed E-state index contributed by atoms with van der Waals surface area (Å²) in [6.07, 6.45) is -21.4. The van der Waals surface area contributed by atoms with Crippen LogP contribution in [-0.4, -0.2) is 66.4 Å². The molecule has 0 saturated carbocycles. The lowest BCUT2D eigenvalue weighted by molar-refractivity contribution is -0.429. The second-order valence-corrected chi connectivity index (χ2v) is 7.34. The van der Waals surface area contributed by atoms with E-state index in [0.717, 1.165) is 0 Å². The standard InChI is InChI=1S/C10H3F19O3S/c11-2(1(4(14,15)16)5(17,18)19)3(12,13)6(20,21)7(22,23)8(24,25)9(26,27)10(28,29)33(30,31)32/h1-2H,(H,30,31,32). The highest BCUT2D eigenvalue weighted by molar-refractivity contribution is 7.87. The van der Waals surface area contributed by atoms with Gasteiger partial charge >= 0.3 is 57.3 Å². The largest absolute Gasteiger partial charge is 0.438 e. The van der Waals surface area contributed by atoms with Crippen molar-refractivity contribution in [1.82, 2.24) is 0 Å². The van der Waals surface area contributed by atoms with Gasteiger partial charge in [0, 0.05) is 0 Å². The third kappa shape index (κ3) is 4.49. The fraction of sp³-hybridized carbons (Fsp3) is 1.00. The van der Waals surface area contributed by atoms with Crippen molar-refractivity contribution in [2.24, 2.45) is 5.92 Å². The van der Waals surface area contributed by atoms with E-state index in [4.69, 9.17) is 4.55 Å². The average molecular weight is 564 g/mol. The van der Waals surface area contributed by atoms with Crippen molar-refractivity contribution in [3.8, 4) is 0 Å². The minimum absolute atomic E-state index is 6.32. The summed E-state index contributed by atoms with van der Waals surface area (Å²) >= 11 is 0. The molecule has 23 heteroatoms. The highest BCUT2D eigenvalue weighted by Crippen LogP contribution is 2.62. The maximum atomic E-state index is 13.3. The molecule has 0 aliphatic carbocycles. The average Bonchev–Trinajstić information content (AvgIpc) is 2.49. The smallest absolute Gasteiger partial charge is 0.281 e. The molecule has 0 bridgehead atoms. The summed E-state index contributed by atoms with van der Waals surface area (Å²) < 4.78 is 272. The molecule has 200 valence electrons. The van der Waals surface area contributed by atoms with Crippen LogP contribution in [0.4, 0.5) is 83.4 Å². The lowest BCUT2D eigenvalue weighted by Gasteiger charge is -2.42. The second-order valence-electron chi connectivity index (χ2n) is 5.88. The van der Waals surface area contributed by atoms with E-state index < -0.39 is 69.4 Å². The van der Waals surface area contributed by atoms with Crippen LogP contribution in [0.2, 0.25) is 0 Å². The molecule has 0 aromatic rings. The Hall–Kier alpha value is -1.42. The van der Waals surface area contributed by atoms with Crippen LogP contribution in [-0.2, 0) is 10.1 Å². The van der Waals surface area contributed by atoms with Crippen molar-refractivity contribution in [1.29, 1.82) is 0 Å². The van der Waals surface area contributed by atoms with Gasteiger partial charge in [-0.25, -0.2) is 4.39 Å². The monoisotopic (exact) mass is 564 g/mol. The lowest BCUT2D eigenvalue weighted by atomic mass is 9.87. The van der Waals surface area contributed by atoms with Crippen LogP contribution >= 0.6 is 0 Å². The van der Waals surface area contributed by atoms with Crippen LogP contribution in [0.25, 0.3) is 0 Å². The molecule has 0 saturated heterocycles. The van der Waals surface area contributed by atoms with E-state index in [1.807, 2.05) is 0 Å². The highest BCUT2D eigenvalue weighted by Gasteiger charge is 2.93. The Morgan fingerprint density at radius 3 is 1.03 bits per heavy atom. The molecule has 1 N–H and O–H groups in total. The predicted molar refractivity (Wildman–Crippen MR) is 61.7 cm³/mol. The van der Waals surface area contributed by atoms with E-state index in [1.165, 1.54) is 0 Å². The summed E-state index contributed by atoms with van der Waals surface area (Å²) in [6, 6.07) is 0. The van der Waals surface area contributed by atoms with E-state index in [-0.39, 0.29) is 0 Å². The number of alkyl halides is 19. The SMILES string of the molecule is O=S(=O)(O)C(F)(F)C(F)(F)C(F)(F)C(F)(F)C(F)(F)C(F)(F)C(F)C(C(F)(F)F)C(F)(F)F. The quantitative estimate of drug-likeness (QED) is 0.303. The topological polar surface area (TPSA) is 54.4 Å². The van der Waals surface area contributed by atoms with Gasteiger partial charge in [0.25, 0.3) is 0 Å². The van der Waals surface area contributed by atoms with Crippen LogP contribution in [0.5, 0.6) is 0 Å². The van der Waals surface area contributed by atoms with Crippen LogP contribution < -0.4 is 0 Å². The molecule has 0 aromatic heterocycles. The van der Waals surface area contributed by atoms with Crippen molar-refractivity contribution in [3.63, 3.8) is 0 Å². The van der Waals surface area contributed by atoms with Crippen LogP contribution in [0.15, 0.2) is 0 Å². The van der Waals surface area contributed by atoms with Crippen molar-refractivity contribution in [3.05, 3.63) is 0 Å². The molecular formula is C10H3F19O3S. The van der Waals surface area contributed by atoms with Crippen molar-refractivity contribution < 1.29 is 96.4 Å². The lowest BCUT2D eigenvalue weighted by Crippen LogP contribution is -2.73. The molecule has 0 amide bonds. The Morgan fingerprint density at radius 1 is 0.515 bits per heavy atom. The molecule has 3 nitrogen and oxygen atoms in total. The molecule has 0 spiro atoms. The third-order valence-corrected chi connectivity index (χ3v) is 4.54. The van der Waals surface area contributed by atoms with Gasteiger partial charge in [-0.2, -0.15) is 87.4 Å². The van der Waals surface area contributed by atoms with Crippen LogP contribution in [0.1, 0.15) is 0 Å². The minimum atomic E-state index is -8.90. The summed E-state index contributed by atoms with van der Waals surface area (Å²) in [5.41, 5.74) is 0. The second kappa shape index (κ2) is 7.80. The van der Waals surface area contributed by atoms with E-state index in [0.29, 0.717) is 0 Å². The van der Waals surface area contributed by atoms with E-state index in [9.17, 15) is 91.8 Å². The Bertz CT molecular complexity index is 808. The van der Waals surface area contributed by atoms with Gasteiger partial charge < -0.3 is 0 Å². The highest BCUT2D eigenvalue weighted by atomic mass is 32.2. The zero-order valence-corrected chi connectivity index (χ0v) is 14.8. The molecule has 0 aliphatic rings. The van der Waals surface area contributed by atoms with Gasteiger partial charge in [-0.05, 0) is 0 Å². The summed E-state index contributed by atoms with van der Waals surface area (Å²) in [4.78, 5) is 0. The first-order valence-corrected chi connectivity index (χ1v) is 8.23. The number of rotatable bonds is 8. The molecule has 0 fully saturated rings. The zero-order chi connectivity index (χ0) is 27.7. The Kier molecular flexibility index (Phi) is 7.46. The zero-order valence-electron chi connectivity index (χ0n) is 14.0.